The minimum Gasteiger partial charge on any atom is -0.339 e. The third-order valence-electron chi connectivity index (χ3n) is 2.82. The van der Waals surface area contributed by atoms with Gasteiger partial charge in [0.15, 0.2) is 0 Å². The van der Waals surface area contributed by atoms with Crippen LogP contribution in [0.5, 0.6) is 0 Å². The zero-order chi connectivity index (χ0) is 12.3. The van der Waals surface area contributed by atoms with Crippen molar-refractivity contribution in [3.8, 4) is 11.4 Å². The first-order valence-electron chi connectivity index (χ1n) is 5.73. The normalized spacial score (nSPS) is 13.2. The molecular weight excluding hydrogens is 234 g/mol. The van der Waals surface area contributed by atoms with E-state index in [1.807, 2.05) is 23.9 Å². The topological polar surface area (TPSA) is 51.0 Å². The predicted octanol–water partition coefficient (Wildman–Crippen LogP) is 2.58. The molecule has 0 aliphatic carbocycles. The van der Waals surface area contributed by atoms with Crippen LogP contribution in [0.3, 0.4) is 0 Å². The lowest BCUT2D eigenvalue weighted by atomic mass is 10.0. The highest BCUT2D eigenvalue weighted by atomic mass is 32.1. The fourth-order valence-electron chi connectivity index (χ4n) is 1.71. The highest BCUT2D eigenvalue weighted by molar-refractivity contribution is 7.08. The van der Waals surface area contributed by atoms with Gasteiger partial charge in [-0.2, -0.15) is 16.3 Å². The number of hydrogen-bond donors (Lipinski definition) is 1. The van der Waals surface area contributed by atoms with Crippen LogP contribution in [0.2, 0.25) is 0 Å². The van der Waals surface area contributed by atoms with Crippen LogP contribution in [-0.4, -0.2) is 23.2 Å². The Hall–Kier alpha value is -1.20. The molecule has 0 spiro atoms. The minimum atomic E-state index is 0.366. The van der Waals surface area contributed by atoms with Crippen molar-refractivity contribution in [2.75, 3.05) is 7.05 Å². The minimum absolute atomic E-state index is 0.366. The van der Waals surface area contributed by atoms with Gasteiger partial charge in [0, 0.05) is 23.4 Å². The van der Waals surface area contributed by atoms with Crippen LogP contribution in [0, 0.1) is 5.92 Å². The molecule has 17 heavy (non-hydrogen) atoms. The Kier molecular flexibility index (Phi) is 3.91. The van der Waals surface area contributed by atoms with Crippen LogP contribution in [0.15, 0.2) is 21.3 Å². The van der Waals surface area contributed by atoms with Crippen LogP contribution in [0.1, 0.15) is 19.7 Å². The maximum atomic E-state index is 5.27. The Morgan fingerprint density at radius 3 is 2.88 bits per heavy atom. The van der Waals surface area contributed by atoms with Crippen molar-refractivity contribution >= 4 is 11.3 Å². The molecule has 0 radical (unpaired) electrons. The van der Waals surface area contributed by atoms with Crippen molar-refractivity contribution in [1.29, 1.82) is 0 Å². The monoisotopic (exact) mass is 251 g/mol. The summed E-state index contributed by atoms with van der Waals surface area (Å²) in [6.07, 6.45) is 0.769. The first kappa shape index (κ1) is 12.3. The Balaban J connectivity index is 2.08. The maximum Gasteiger partial charge on any atom is 0.228 e. The fraction of sp³-hybridized carbons (Fsp3) is 0.500. The summed E-state index contributed by atoms with van der Waals surface area (Å²) in [5, 5.41) is 11.3. The Labute approximate surface area is 105 Å². The molecule has 2 heterocycles. The fourth-order valence-corrected chi connectivity index (χ4v) is 2.34. The quantitative estimate of drug-likeness (QED) is 0.887. The van der Waals surface area contributed by atoms with Crippen molar-refractivity contribution < 1.29 is 4.52 Å². The van der Waals surface area contributed by atoms with Crippen LogP contribution in [-0.2, 0) is 6.42 Å². The van der Waals surface area contributed by atoms with E-state index in [1.54, 1.807) is 11.3 Å². The molecule has 0 aliphatic rings. The van der Waals surface area contributed by atoms with Crippen molar-refractivity contribution in [2.45, 2.75) is 26.3 Å². The summed E-state index contributed by atoms with van der Waals surface area (Å²) in [6.45, 7) is 4.36. The molecule has 2 aromatic heterocycles. The molecule has 5 heteroatoms. The number of nitrogens with one attached hydrogen (secondary N) is 1. The second-order valence-electron chi connectivity index (χ2n) is 4.37. The Morgan fingerprint density at radius 2 is 2.29 bits per heavy atom. The molecule has 1 N–H and O–H groups in total. The third-order valence-corrected chi connectivity index (χ3v) is 3.50. The zero-order valence-electron chi connectivity index (χ0n) is 10.3. The van der Waals surface area contributed by atoms with Gasteiger partial charge in [0.2, 0.25) is 11.7 Å². The molecule has 1 unspecified atom stereocenters. The maximum absolute atomic E-state index is 5.27. The largest absolute Gasteiger partial charge is 0.339 e. The van der Waals surface area contributed by atoms with Crippen molar-refractivity contribution in [3.05, 3.63) is 22.7 Å². The van der Waals surface area contributed by atoms with E-state index in [9.17, 15) is 0 Å². The van der Waals surface area contributed by atoms with Gasteiger partial charge in [-0.3, -0.25) is 0 Å². The van der Waals surface area contributed by atoms with E-state index in [2.05, 4.69) is 29.3 Å². The molecule has 0 aromatic carbocycles. The number of hydrogen-bond acceptors (Lipinski definition) is 5. The Bertz CT molecular complexity index is 450. The SMILES string of the molecule is CNC(Cc1nc(-c2ccsc2)no1)C(C)C. The van der Waals surface area contributed by atoms with Crippen molar-refractivity contribution in [1.82, 2.24) is 15.5 Å². The van der Waals surface area contributed by atoms with Gasteiger partial charge in [-0.15, -0.1) is 0 Å². The van der Waals surface area contributed by atoms with E-state index in [0.29, 0.717) is 23.7 Å². The lowest BCUT2D eigenvalue weighted by molar-refractivity contribution is 0.335. The van der Waals surface area contributed by atoms with Gasteiger partial charge in [0.05, 0.1) is 0 Å². The van der Waals surface area contributed by atoms with Gasteiger partial charge in [-0.05, 0) is 24.4 Å². The van der Waals surface area contributed by atoms with Gasteiger partial charge in [-0.1, -0.05) is 19.0 Å². The van der Waals surface area contributed by atoms with Crippen LogP contribution in [0.4, 0.5) is 0 Å². The van der Waals surface area contributed by atoms with E-state index in [-0.39, 0.29) is 0 Å². The number of rotatable bonds is 5. The summed E-state index contributed by atoms with van der Waals surface area (Å²) in [5.74, 6) is 1.91. The molecule has 0 bridgehead atoms. The first-order valence-corrected chi connectivity index (χ1v) is 6.67. The summed E-state index contributed by atoms with van der Waals surface area (Å²) >= 11 is 1.63. The number of likely N-dealkylation sites (N-methyl/N-ethyl adjacent to an activating group) is 1. The van der Waals surface area contributed by atoms with Gasteiger partial charge in [0.25, 0.3) is 0 Å². The smallest absolute Gasteiger partial charge is 0.228 e. The molecule has 0 aliphatic heterocycles. The molecule has 4 nitrogen and oxygen atoms in total. The van der Waals surface area contributed by atoms with E-state index >= 15 is 0 Å². The average molecular weight is 251 g/mol. The van der Waals surface area contributed by atoms with Gasteiger partial charge >= 0.3 is 0 Å². The molecule has 0 saturated carbocycles. The lowest BCUT2D eigenvalue weighted by Gasteiger charge is -2.17. The van der Waals surface area contributed by atoms with E-state index in [4.69, 9.17) is 4.52 Å². The van der Waals surface area contributed by atoms with E-state index in [0.717, 1.165) is 12.0 Å². The lowest BCUT2D eigenvalue weighted by Crippen LogP contribution is -2.32. The molecule has 1 atom stereocenters. The highest BCUT2D eigenvalue weighted by Gasteiger charge is 2.16. The second-order valence-corrected chi connectivity index (χ2v) is 5.15. The summed E-state index contributed by atoms with van der Waals surface area (Å²) in [6, 6.07) is 2.36. The molecular formula is C12H17N3OS. The summed E-state index contributed by atoms with van der Waals surface area (Å²) in [5.41, 5.74) is 1.02. The number of nitrogens with zero attached hydrogens (tertiary/aromatic N) is 2. The molecule has 0 fully saturated rings. The highest BCUT2D eigenvalue weighted by Crippen LogP contribution is 2.19. The van der Waals surface area contributed by atoms with Gasteiger partial charge in [0.1, 0.15) is 0 Å². The second kappa shape index (κ2) is 5.42. The summed E-state index contributed by atoms with van der Waals surface area (Å²) in [4.78, 5) is 4.41. The standard InChI is InChI=1S/C12H17N3OS/c1-8(2)10(13-3)6-11-14-12(15-16-11)9-4-5-17-7-9/h4-5,7-8,10,13H,6H2,1-3H3. The van der Waals surface area contributed by atoms with Crippen molar-refractivity contribution in [3.63, 3.8) is 0 Å². The number of aromatic nitrogens is 2. The first-order chi connectivity index (χ1) is 8.20. The van der Waals surface area contributed by atoms with E-state index < -0.39 is 0 Å². The third kappa shape index (κ3) is 2.92. The average Bonchev–Trinajstić information content (AvgIpc) is 2.95. The zero-order valence-corrected chi connectivity index (χ0v) is 11.1. The number of thiophene rings is 1. The van der Waals surface area contributed by atoms with Crippen molar-refractivity contribution in [2.24, 2.45) is 5.92 Å². The molecule has 2 rings (SSSR count). The van der Waals surface area contributed by atoms with E-state index in [1.165, 1.54) is 0 Å². The van der Waals surface area contributed by atoms with Crippen LogP contribution in [0.25, 0.3) is 11.4 Å². The molecule has 0 amide bonds. The molecule has 0 saturated heterocycles. The summed E-state index contributed by atoms with van der Waals surface area (Å²) in [7, 11) is 1.96. The van der Waals surface area contributed by atoms with Crippen LogP contribution < -0.4 is 5.32 Å². The Morgan fingerprint density at radius 1 is 1.47 bits per heavy atom. The summed E-state index contributed by atoms with van der Waals surface area (Å²) < 4.78 is 5.27. The molecule has 2 aromatic rings. The van der Waals surface area contributed by atoms with Gasteiger partial charge < -0.3 is 9.84 Å². The van der Waals surface area contributed by atoms with Crippen LogP contribution >= 0.6 is 11.3 Å². The van der Waals surface area contributed by atoms with Gasteiger partial charge in [-0.25, -0.2) is 0 Å². The predicted molar refractivity (Wildman–Crippen MR) is 69.0 cm³/mol. The molecule has 92 valence electrons.